The van der Waals surface area contributed by atoms with Crippen molar-refractivity contribution in [3.63, 3.8) is 0 Å². The monoisotopic (exact) mass is 614 g/mol. The molecule has 0 bridgehead atoms. The van der Waals surface area contributed by atoms with E-state index in [1.807, 2.05) is 6.92 Å². The van der Waals surface area contributed by atoms with Gasteiger partial charge in [0.05, 0.1) is 34.9 Å². The van der Waals surface area contributed by atoms with Gasteiger partial charge >= 0.3 is 12.3 Å². The van der Waals surface area contributed by atoms with Crippen LogP contribution in [0.2, 0.25) is 0 Å². The number of hydrazine groups is 1. The van der Waals surface area contributed by atoms with Gasteiger partial charge in [0, 0.05) is 5.56 Å². The number of benzene rings is 2. The number of nitrogens with zero attached hydrogens (tertiary/aromatic N) is 5. The molecule has 3 rings (SSSR count). The molecule has 0 saturated heterocycles. The zero-order chi connectivity index (χ0) is 31.1. The Morgan fingerprint density at radius 2 is 1.79 bits per heavy atom. The number of methoxy groups -OCH3 is 1. The molecule has 42 heavy (non-hydrogen) atoms. The van der Waals surface area contributed by atoms with Crippen molar-refractivity contribution in [2.75, 3.05) is 27.0 Å². The van der Waals surface area contributed by atoms with Gasteiger partial charge in [-0.25, -0.2) is 22.6 Å². The third-order valence-corrected chi connectivity index (χ3v) is 6.83. The lowest BCUT2D eigenvalue weighted by molar-refractivity contribution is -0.709. The molecule has 226 valence electrons. The van der Waals surface area contributed by atoms with E-state index >= 15 is 0 Å². The third kappa shape index (κ3) is 8.09. The van der Waals surface area contributed by atoms with Gasteiger partial charge in [0.1, 0.15) is 0 Å². The number of aromatic nitrogens is 2. The average molecular weight is 615 g/mol. The quantitative estimate of drug-likeness (QED) is 0.0842. The molecule has 0 spiro atoms. The van der Waals surface area contributed by atoms with Gasteiger partial charge in [0.2, 0.25) is 5.28 Å². The summed E-state index contributed by atoms with van der Waals surface area (Å²) in [6.45, 7) is 1.68. The first-order valence-corrected chi connectivity index (χ1v) is 13.4. The van der Waals surface area contributed by atoms with Crippen LogP contribution >= 0.6 is 0 Å². The minimum Gasteiger partial charge on any atom is -0.569 e. The summed E-state index contributed by atoms with van der Waals surface area (Å²) in [7, 11) is -3.40. The van der Waals surface area contributed by atoms with E-state index in [1.54, 1.807) is 29.0 Å². The molecular weight excluding hydrogens is 589 g/mol. The Kier molecular flexibility index (Phi) is 9.95. The molecule has 14 nitrogen and oxygen atoms in total. The number of nitrogens with one attached hydrogen (secondary N) is 1. The van der Waals surface area contributed by atoms with Crippen LogP contribution in [0.1, 0.15) is 18.2 Å². The second-order valence-corrected chi connectivity index (χ2v) is 10.1. The van der Waals surface area contributed by atoms with Gasteiger partial charge in [-0.15, -0.1) is 5.01 Å². The summed E-state index contributed by atoms with van der Waals surface area (Å²) in [5.41, 5.74) is 0.467. The Balaban J connectivity index is 1.75. The molecule has 0 aliphatic rings. The van der Waals surface area contributed by atoms with Crippen molar-refractivity contribution in [1.82, 2.24) is 19.5 Å². The van der Waals surface area contributed by atoms with Gasteiger partial charge in [-0.05, 0) is 44.2 Å². The highest BCUT2D eigenvalue weighted by Gasteiger charge is 2.35. The molecule has 1 heterocycles. The van der Waals surface area contributed by atoms with Crippen LogP contribution in [0, 0.1) is 12.1 Å². The highest BCUT2D eigenvalue weighted by Crippen LogP contribution is 2.33. The van der Waals surface area contributed by atoms with E-state index in [9.17, 15) is 36.4 Å². The van der Waals surface area contributed by atoms with Crippen molar-refractivity contribution >= 4 is 22.1 Å². The van der Waals surface area contributed by atoms with Crippen molar-refractivity contribution in [1.29, 1.82) is 0 Å². The number of rotatable bonds is 11. The van der Waals surface area contributed by atoms with E-state index in [0.717, 1.165) is 40.6 Å². The Morgan fingerprint density at radius 1 is 1.14 bits per heavy atom. The highest BCUT2D eigenvalue weighted by molar-refractivity contribution is 7.90. The van der Waals surface area contributed by atoms with Crippen molar-refractivity contribution in [2.24, 2.45) is 5.28 Å². The molecule has 1 N–H and O–H groups in total. The fourth-order valence-corrected chi connectivity index (χ4v) is 4.35. The summed E-state index contributed by atoms with van der Waals surface area (Å²) in [6, 6.07) is 12.2. The van der Waals surface area contributed by atoms with E-state index in [1.165, 1.54) is 19.1 Å². The Bertz CT molecular complexity index is 1540. The molecule has 0 radical (unpaired) electrons. The van der Waals surface area contributed by atoms with E-state index in [0.29, 0.717) is 5.56 Å². The second-order valence-electron chi connectivity index (χ2n) is 8.37. The predicted molar refractivity (Wildman–Crippen MR) is 137 cm³/mol. The van der Waals surface area contributed by atoms with Crippen LogP contribution < -0.4 is 4.72 Å². The van der Waals surface area contributed by atoms with E-state index < -0.39 is 47.3 Å². The van der Waals surface area contributed by atoms with Crippen LogP contribution in [0.25, 0.3) is 16.9 Å². The van der Waals surface area contributed by atoms with Gasteiger partial charge in [0.15, 0.2) is 12.2 Å². The molecule has 0 atom stereocenters. The van der Waals surface area contributed by atoms with Crippen LogP contribution in [0.15, 0.2) is 64.8 Å². The first-order valence-electron chi connectivity index (χ1n) is 11.9. The van der Waals surface area contributed by atoms with Gasteiger partial charge in [0.25, 0.3) is 22.7 Å². The van der Waals surface area contributed by atoms with Gasteiger partial charge in [-0.2, -0.15) is 18.3 Å². The fraction of sp³-hybridized carbons (Fsp3) is 0.292. The van der Waals surface area contributed by atoms with Crippen LogP contribution in [0.5, 0.6) is 0 Å². The van der Waals surface area contributed by atoms with E-state index in [4.69, 9.17) is 0 Å². The summed E-state index contributed by atoms with van der Waals surface area (Å²) in [4.78, 5) is 27.2. The van der Waals surface area contributed by atoms with Crippen LogP contribution in [-0.2, 0) is 35.3 Å². The lowest BCUT2D eigenvalue weighted by atomic mass is 10.1. The molecule has 0 aliphatic heterocycles. The van der Waals surface area contributed by atoms with E-state index in [-0.39, 0.29) is 27.8 Å². The minimum atomic E-state index is -4.72. The maximum atomic E-state index is 13.4. The van der Waals surface area contributed by atoms with Crippen molar-refractivity contribution in [3.8, 4) is 16.9 Å². The SMILES string of the molecule is CCN(CC(=O)NS(=O)(=O)c1ccc(-n2nc(C(F)(F)F)cc2-c2ccc(C)cc2)cc1)[N+]([O-])=NOCOC(=O)OC. The van der Waals surface area contributed by atoms with Crippen LogP contribution in [-0.4, -0.2) is 67.2 Å². The molecule has 1 aromatic heterocycles. The van der Waals surface area contributed by atoms with Gasteiger partial charge < -0.3 is 19.5 Å². The smallest absolute Gasteiger partial charge is 0.510 e. The second kappa shape index (κ2) is 13.2. The zero-order valence-electron chi connectivity index (χ0n) is 22.4. The van der Waals surface area contributed by atoms with Crippen molar-refractivity contribution in [3.05, 3.63) is 71.1 Å². The summed E-state index contributed by atoms with van der Waals surface area (Å²) >= 11 is 0. The molecule has 0 unspecified atom stereocenters. The van der Waals surface area contributed by atoms with Gasteiger partial charge in [-0.3, -0.25) is 4.79 Å². The molecule has 0 saturated carbocycles. The first kappa shape index (κ1) is 31.7. The molecule has 0 aliphatic carbocycles. The normalized spacial score (nSPS) is 12.0. The molecule has 3 aromatic rings. The van der Waals surface area contributed by atoms with E-state index in [2.05, 4.69) is 24.7 Å². The fourth-order valence-electron chi connectivity index (χ4n) is 3.37. The molecule has 1 amide bonds. The third-order valence-electron chi connectivity index (χ3n) is 5.44. The molecule has 2 aromatic carbocycles. The molecule has 0 fully saturated rings. The lowest BCUT2D eigenvalue weighted by Gasteiger charge is -2.16. The first-order chi connectivity index (χ1) is 19.7. The number of carbonyl (C=O) groups is 2. The number of hydrogen-bond acceptors (Lipinski definition) is 10. The largest absolute Gasteiger partial charge is 0.569 e. The standard InChI is InChI=1S/C24H25F3N6O8S/c1-4-31(33(36)30-41-15-40-23(35)39-3)14-22(34)29-42(37,38)19-11-9-18(10-12-19)32-20(13-21(28-32)24(25,26)27)17-7-5-16(2)6-8-17/h5-13H,4,14-15H2,1-3H3,(H,29,34). The minimum absolute atomic E-state index is 0.0938. The topological polar surface area (TPSA) is 167 Å². The summed E-state index contributed by atoms with van der Waals surface area (Å²) in [5, 5.41) is 19.5. The number of alkyl halides is 3. The Morgan fingerprint density at radius 3 is 2.36 bits per heavy atom. The summed E-state index contributed by atoms with van der Waals surface area (Å²) in [5.74, 6) is -1.11. The number of likely N-dealkylation sites (N-methyl/N-ethyl adjacent to an activating group) is 1. The number of hydrogen-bond donors (Lipinski definition) is 1. The number of amides is 1. The molecular formula is C24H25F3N6O8S. The predicted octanol–water partition coefficient (Wildman–Crippen LogP) is 3.54. The maximum absolute atomic E-state index is 13.4. The number of halogens is 3. The molecule has 18 heteroatoms. The number of aryl methyl sites for hydroxylation is 1. The average Bonchev–Trinajstić information content (AvgIpc) is 3.40. The summed E-state index contributed by atoms with van der Waals surface area (Å²) in [6.07, 6.45) is -5.81. The zero-order valence-corrected chi connectivity index (χ0v) is 23.2. The number of carbonyl (C=O) groups excluding carboxylic acids is 2. The number of ether oxygens (including phenoxy) is 2. The highest BCUT2D eigenvalue weighted by atomic mass is 32.2. The number of sulfonamides is 1. The summed E-state index contributed by atoms with van der Waals surface area (Å²) < 4.78 is 77.3. The van der Waals surface area contributed by atoms with Crippen LogP contribution in [0.4, 0.5) is 18.0 Å². The lowest BCUT2D eigenvalue weighted by Crippen LogP contribution is -2.42. The van der Waals surface area contributed by atoms with Crippen molar-refractivity contribution in [2.45, 2.75) is 24.9 Å². The van der Waals surface area contributed by atoms with Crippen LogP contribution in [0.3, 0.4) is 0 Å². The van der Waals surface area contributed by atoms with Gasteiger partial charge in [-0.1, -0.05) is 29.8 Å². The maximum Gasteiger partial charge on any atom is 0.510 e. The van der Waals surface area contributed by atoms with Crippen molar-refractivity contribution < 1.29 is 50.5 Å². The Hall–Kier alpha value is -4.87. The Labute approximate surface area is 237 Å².